The van der Waals surface area contributed by atoms with Gasteiger partial charge in [-0.15, -0.1) is 0 Å². The van der Waals surface area contributed by atoms with Crippen LogP contribution >= 0.6 is 0 Å². The van der Waals surface area contributed by atoms with Gasteiger partial charge < -0.3 is 10.4 Å². The molecule has 3 nitrogen and oxygen atoms in total. The van der Waals surface area contributed by atoms with E-state index < -0.39 is 12.1 Å². The van der Waals surface area contributed by atoms with Gasteiger partial charge in [0.2, 0.25) is 5.91 Å². The van der Waals surface area contributed by atoms with Gasteiger partial charge in [0.1, 0.15) is 5.82 Å². The molecule has 2 aromatic carbocycles. The lowest BCUT2D eigenvalue weighted by atomic mass is 10.0. The average molecular weight is 315 g/mol. The van der Waals surface area contributed by atoms with Crippen molar-refractivity contribution in [2.24, 2.45) is 0 Å². The van der Waals surface area contributed by atoms with Crippen LogP contribution in [0.4, 0.5) is 4.39 Å². The number of aryl methyl sites for hydroxylation is 2. The van der Waals surface area contributed by atoms with Crippen LogP contribution in [0.3, 0.4) is 0 Å². The quantitative estimate of drug-likeness (QED) is 0.859. The van der Waals surface area contributed by atoms with Gasteiger partial charge in [-0.25, -0.2) is 4.39 Å². The highest BCUT2D eigenvalue weighted by Crippen LogP contribution is 2.17. The lowest BCUT2D eigenvalue weighted by Crippen LogP contribution is -2.37. The van der Waals surface area contributed by atoms with Gasteiger partial charge in [-0.3, -0.25) is 4.79 Å². The molecule has 2 N–H and O–H groups in total. The molecule has 0 heterocycles. The van der Waals surface area contributed by atoms with Crippen LogP contribution < -0.4 is 5.32 Å². The average Bonchev–Trinajstić information content (AvgIpc) is 2.53. The highest BCUT2D eigenvalue weighted by Gasteiger charge is 2.18. The number of benzene rings is 2. The molecular formula is C19H22FNO2. The number of nitrogens with one attached hydrogen (secondary N) is 1. The third-order valence-electron chi connectivity index (χ3n) is 3.80. The molecule has 122 valence electrons. The first kappa shape index (κ1) is 17.2. The minimum atomic E-state index is -0.862. The zero-order chi connectivity index (χ0) is 16.8. The van der Waals surface area contributed by atoms with E-state index in [9.17, 15) is 14.3 Å². The minimum absolute atomic E-state index is 0.111. The van der Waals surface area contributed by atoms with Crippen LogP contribution in [0, 0.1) is 12.7 Å². The summed E-state index contributed by atoms with van der Waals surface area (Å²) in [5.41, 5.74) is 2.87. The molecule has 0 aromatic heterocycles. The van der Waals surface area contributed by atoms with Gasteiger partial charge in [0.25, 0.3) is 0 Å². The molecule has 0 aliphatic rings. The predicted octanol–water partition coefficient (Wildman–Crippen LogP) is 3.31. The second kappa shape index (κ2) is 7.88. The number of carbonyl (C=O) groups excluding carboxylic acids is 1. The zero-order valence-corrected chi connectivity index (χ0v) is 13.4. The molecule has 1 amide bonds. The van der Waals surface area contributed by atoms with Crippen molar-refractivity contribution in [3.05, 3.63) is 71.0 Å². The summed E-state index contributed by atoms with van der Waals surface area (Å²) in [7, 11) is 0. The molecule has 2 rings (SSSR count). The largest absolute Gasteiger partial charge is 0.386 e. The SMILES string of the molecule is Cc1cccc(CCC(=O)NC(C)C(O)c2ccc(F)cc2)c1. The second-order valence-corrected chi connectivity index (χ2v) is 5.84. The minimum Gasteiger partial charge on any atom is -0.386 e. The fourth-order valence-electron chi connectivity index (χ4n) is 2.48. The van der Waals surface area contributed by atoms with Crippen molar-refractivity contribution in [3.63, 3.8) is 0 Å². The number of hydrogen-bond donors (Lipinski definition) is 2. The maximum Gasteiger partial charge on any atom is 0.220 e. The normalized spacial score (nSPS) is 13.4. The van der Waals surface area contributed by atoms with Crippen molar-refractivity contribution in [2.45, 2.75) is 38.8 Å². The summed E-state index contributed by atoms with van der Waals surface area (Å²) in [5, 5.41) is 13.0. The van der Waals surface area contributed by atoms with Gasteiger partial charge in [0.15, 0.2) is 0 Å². The number of carbonyl (C=O) groups is 1. The lowest BCUT2D eigenvalue weighted by molar-refractivity contribution is -0.122. The molecule has 0 aliphatic heterocycles. The molecule has 23 heavy (non-hydrogen) atoms. The van der Waals surface area contributed by atoms with Crippen molar-refractivity contribution in [1.82, 2.24) is 5.32 Å². The van der Waals surface area contributed by atoms with Gasteiger partial charge in [-0.2, -0.15) is 0 Å². The Kier molecular flexibility index (Phi) is 5.88. The Balaban J connectivity index is 1.85. The number of aliphatic hydroxyl groups is 1. The number of rotatable bonds is 6. The predicted molar refractivity (Wildman–Crippen MR) is 88.5 cm³/mol. The van der Waals surface area contributed by atoms with Crippen LogP contribution in [0.1, 0.15) is 36.1 Å². The number of aliphatic hydroxyl groups excluding tert-OH is 1. The fourth-order valence-corrected chi connectivity index (χ4v) is 2.48. The molecule has 2 aromatic rings. The van der Waals surface area contributed by atoms with Gasteiger partial charge in [-0.1, -0.05) is 42.0 Å². The first-order chi connectivity index (χ1) is 11.0. The van der Waals surface area contributed by atoms with Gasteiger partial charge >= 0.3 is 0 Å². The Hall–Kier alpha value is -2.20. The summed E-state index contributed by atoms with van der Waals surface area (Å²) in [6.45, 7) is 3.75. The summed E-state index contributed by atoms with van der Waals surface area (Å²) in [4.78, 5) is 12.0. The lowest BCUT2D eigenvalue weighted by Gasteiger charge is -2.20. The summed E-state index contributed by atoms with van der Waals surface area (Å²) < 4.78 is 12.9. The van der Waals surface area contributed by atoms with Crippen molar-refractivity contribution in [3.8, 4) is 0 Å². The second-order valence-electron chi connectivity index (χ2n) is 5.84. The Morgan fingerprint density at radius 1 is 1.22 bits per heavy atom. The molecule has 0 radical (unpaired) electrons. The summed E-state index contributed by atoms with van der Waals surface area (Å²) in [6, 6.07) is 13.3. The third-order valence-corrected chi connectivity index (χ3v) is 3.80. The van der Waals surface area contributed by atoms with Crippen LogP contribution in [-0.2, 0) is 11.2 Å². The molecule has 0 spiro atoms. The van der Waals surface area contributed by atoms with Crippen LogP contribution in [0.5, 0.6) is 0 Å². The van der Waals surface area contributed by atoms with Gasteiger partial charge in [0.05, 0.1) is 12.1 Å². The van der Waals surface area contributed by atoms with E-state index in [1.54, 1.807) is 6.92 Å². The van der Waals surface area contributed by atoms with E-state index in [0.29, 0.717) is 18.4 Å². The summed E-state index contributed by atoms with van der Waals surface area (Å²) in [6.07, 6.45) is 0.162. The Labute approximate surface area is 136 Å². The number of halogens is 1. The standard InChI is InChI=1S/C19H22FNO2/c1-13-4-3-5-15(12-13)6-11-18(22)21-14(2)19(23)16-7-9-17(20)10-8-16/h3-5,7-10,12,14,19,23H,6,11H2,1-2H3,(H,21,22). The molecule has 0 aliphatic carbocycles. The van der Waals surface area contributed by atoms with E-state index in [1.165, 1.54) is 29.8 Å². The van der Waals surface area contributed by atoms with Crippen LogP contribution in [0.2, 0.25) is 0 Å². The third kappa shape index (κ3) is 5.18. The topological polar surface area (TPSA) is 49.3 Å². The maximum absolute atomic E-state index is 12.9. The smallest absolute Gasteiger partial charge is 0.220 e. The molecule has 2 atom stereocenters. The monoisotopic (exact) mass is 315 g/mol. The Bertz CT molecular complexity index is 655. The van der Waals surface area contributed by atoms with E-state index in [1.807, 2.05) is 25.1 Å². The van der Waals surface area contributed by atoms with Gasteiger partial charge in [0, 0.05) is 6.42 Å². The molecule has 0 saturated carbocycles. The molecule has 2 unspecified atom stereocenters. The zero-order valence-electron chi connectivity index (χ0n) is 13.4. The van der Waals surface area contributed by atoms with E-state index in [4.69, 9.17) is 0 Å². The molecule has 0 saturated heterocycles. The molecule has 0 fully saturated rings. The van der Waals surface area contributed by atoms with E-state index in [0.717, 1.165) is 5.56 Å². The molecule has 0 bridgehead atoms. The van der Waals surface area contributed by atoms with E-state index in [2.05, 4.69) is 11.4 Å². The molecule has 4 heteroatoms. The number of amides is 1. The van der Waals surface area contributed by atoms with Crippen molar-refractivity contribution in [1.29, 1.82) is 0 Å². The maximum atomic E-state index is 12.9. The number of hydrogen-bond acceptors (Lipinski definition) is 2. The van der Waals surface area contributed by atoms with Gasteiger partial charge in [-0.05, 0) is 43.5 Å². The van der Waals surface area contributed by atoms with Crippen LogP contribution in [0.25, 0.3) is 0 Å². The highest BCUT2D eigenvalue weighted by molar-refractivity contribution is 5.76. The molecular weight excluding hydrogens is 293 g/mol. The summed E-state index contributed by atoms with van der Waals surface area (Å²) in [5.74, 6) is -0.462. The Morgan fingerprint density at radius 2 is 1.91 bits per heavy atom. The first-order valence-electron chi connectivity index (χ1n) is 7.74. The highest BCUT2D eigenvalue weighted by atomic mass is 19.1. The van der Waals surface area contributed by atoms with E-state index >= 15 is 0 Å². The van der Waals surface area contributed by atoms with Crippen LogP contribution in [-0.4, -0.2) is 17.1 Å². The van der Waals surface area contributed by atoms with Crippen molar-refractivity contribution < 1.29 is 14.3 Å². The van der Waals surface area contributed by atoms with E-state index in [-0.39, 0.29) is 11.7 Å². The Morgan fingerprint density at radius 3 is 2.57 bits per heavy atom. The fraction of sp³-hybridized carbons (Fsp3) is 0.316. The summed E-state index contributed by atoms with van der Waals surface area (Å²) >= 11 is 0. The van der Waals surface area contributed by atoms with Crippen molar-refractivity contribution >= 4 is 5.91 Å². The van der Waals surface area contributed by atoms with Crippen molar-refractivity contribution in [2.75, 3.05) is 0 Å². The van der Waals surface area contributed by atoms with Crippen LogP contribution in [0.15, 0.2) is 48.5 Å². The first-order valence-corrected chi connectivity index (χ1v) is 7.74.